The molecule has 0 radical (unpaired) electrons. The van der Waals surface area contributed by atoms with Gasteiger partial charge < -0.3 is 4.74 Å². The van der Waals surface area contributed by atoms with E-state index in [0.29, 0.717) is 18.1 Å². The van der Waals surface area contributed by atoms with Gasteiger partial charge >= 0.3 is 0 Å². The molecule has 1 heterocycles. The van der Waals surface area contributed by atoms with Crippen LogP contribution < -0.4 is 4.74 Å². The lowest BCUT2D eigenvalue weighted by molar-refractivity contribution is 0.324. The van der Waals surface area contributed by atoms with Crippen molar-refractivity contribution in [2.45, 2.75) is 26.7 Å². The van der Waals surface area contributed by atoms with Crippen LogP contribution in [0, 0.1) is 18.3 Å². The average Bonchev–Trinajstić information content (AvgIpc) is 2.30. The highest BCUT2D eigenvalue weighted by atomic mass is 16.5. The molecule has 1 aliphatic rings. The van der Waals surface area contributed by atoms with Gasteiger partial charge in [-0.25, -0.2) is 4.98 Å². The zero-order valence-electron chi connectivity index (χ0n) is 9.58. The van der Waals surface area contributed by atoms with E-state index in [4.69, 9.17) is 4.74 Å². The summed E-state index contributed by atoms with van der Waals surface area (Å²) in [6.45, 7) is 4.39. The number of aromatic nitrogens is 1. The fourth-order valence-corrected chi connectivity index (χ4v) is 2.02. The maximum Gasteiger partial charge on any atom is 0.232 e. The van der Waals surface area contributed by atoms with Gasteiger partial charge in [0.25, 0.3) is 0 Å². The van der Waals surface area contributed by atoms with Gasteiger partial charge in [-0.1, -0.05) is 12.2 Å². The molecule has 0 fully saturated rings. The second-order valence-corrected chi connectivity index (χ2v) is 3.76. The molecule has 3 heteroatoms. The summed E-state index contributed by atoms with van der Waals surface area (Å²) in [5.74, 6) is 0.483. The molecule has 2 rings (SSSR count). The standard InChI is InChI=1S/C13H14N2O/c1-3-16-13-12(8-14)11-7-5-4-6-10(11)9(2)15-13/h4,6H,3,5,7H2,1-2H3. The Morgan fingerprint density at radius 2 is 2.38 bits per heavy atom. The molecule has 0 aromatic carbocycles. The van der Waals surface area contributed by atoms with Crippen LogP contribution in [0.3, 0.4) is 0 Å². The summed E-state index contributed by atoms with van der Waals surface area (Å²) in [7, 11) is 0. The monoisotopic (exact) mass is 214 g/mol. The number of pyridine rings is 1. The van der Waals surface area contributed by atoms with Crippen LogP contribution in [0.15, 0.2) is 6.08 Å². The summed E-state index contributed by atoms with van der Waals surface area (Å²) >= 11 is 0. The van der Waals surface area contributed by atoms with E-state index in [1.165, 1.54) is 0 Å². The van der Waals surface area contributed by atoms with Crippen molar-refractivity contribution in [2.75, 3.05) is 6.61 Å². The molecule has 0 bridgehead atoms. The van der Waals surface area contributed by atoms with Crippen LogP contribution in [0.5, 0.6) is 5.88 Å². The Morgan fingerprint density at radius 3 is 3.06 bits per heavy atom. The van der Waals surface area contributed by atoms with Crippen molar-refractivity contribution in [3.63, 3.8) is 0 Å². The number of allylic oxidation sites excluding steroid dienone is 1. The minimum absolute atomic E-state index is 0.483. The van der Waals surface area contributed by atoms with E-state index in [1.807, 2.05) is 13.8 Å². The number of hydrogen-bond acceptors (Lipinski definition) is 3. The number of ether oxygens (including phenoxy) is 1. The lowest BCUT2D eigenvalue weighted by Gasteiger charge is -2.16. The molecule has 0 saturated heterocycles. The molecular weight excluding hydrogens is 200 g/mol. The third-order valence-electron chi connectivity index (χ3n) is 2.74. The zero-order chi connectivity index (χ0) is 11.5. The molecule has 1 aromatic heterocycles. The molecule has 0 amide bonds. The first kappa shape index (κ1) is 10.7. The fraction of sp³-hybridized carbons (Fsp3) is 0.385. The second kappa shape index (κ2) is 4.36. The molecule has 0 saturated carbocycles. The third-order valence-corrected chi connectivity index (χ3v) is 2.74. The predicted octanol–water partition coefficient (Wildman–Crippen LogP) is 2.62. The van der Waals surface area contributed by atoms with Crippen molar-refractivity contribution in [1.29, 1.82) is 5.26 Å². The van der Waals surface area contributed by atoms with Crippen LogP contribution in [-0.4, -0.2) is 11.6 Å². The van der Waals surface area contributed by atoms with Gasteiger partial charge in [0.1, 0.15) is 11.6 Å². The van der Waals surface area contributed by atoms with Crippen LogP contribution in [0.2, 0.25) is 0 Å². The highest BCUT2D eigenvalue weighted by Gasteiger charge is 2.18. The maximum atomic E-state index is 9.20. The molecule has 16 heavy (non-hydrogen) atoms. The minimum Gasteiger partial charge on any atom is -0.477 e. The summed E-state index contributed by atoms with van der Waals surface area (Å²) in [6, 6.07) is 2.21. The minimum atomic E-state index is 0.483. The van der Waals surface area contributed by atoms with Gasteiger partial charge in [-0.2, -0.15) is 5.26 Å². The van der Waals surface area contributed by atoms with E-state index in [2.05, 4.69) is 23.2 Å². The fourth-order valence-electron chi connectivity index (χ4n) is 2.02. The lowest BCUT2D eigenvalue weighted by Crippen LogP contribution is -2.07. The number of nitrogens with zero attached hydrogens (tertiary/aromatic N) is 2. The van der Waals surface area contributed by atoms with Crippen LogP contribution >= 0.6 is 0 Å². The van der Waals surface area contributed by atoms with E-state index in [9.17, 15) is 5.26 Å². The van der Waals surface area contributed by atoms with Crippen molar-refractivity contribution >= 4 is 6.08 Å². The van der Waals surface area contributed by atoms with Gasteiger partial charge in [-0.15, -0.1) is 0 Å². The molecular formula is C13H14N2O. The zero-order valence-corrected chi connectivity index (χ0v) is 9.58. The van der Waals surface area contributed by atoms with Gasteiger partial charge in [0.15, 0.2) is 0 Å². The molecule has 0 N–H and O–H groups in total. The number of nitriles is 1. The molecule has 1 aromatic rings. The van der Waals surface area contributed by atoms with Crippen molar-refractivity contribution in [1.82, 2.24) is 4.98 Å². The Morgan fingerprint density at radius 1 is 1.56 bits per heavy atom. The summed E-state index contributed by atoms with van der Waals surface area (Å²) in [5, 5.41) is 9.20. The predicted molar refractivity (Wildman–Crippen MR) is 62.2 cm³/mol. The van der Waals surface area contributed by atoms with E-state index in [-0.39, 0.29) is 0 Å². The van der Waals surface area contributed by atoms with Crippen molar-refractivity contribution in [2.24, 2.45) is 0 Å². The Bertz CT molecular complexity index is 484. The van der Waals surface area contributed by atoms with Crippen LogP contribution in [0.25, 0.3) is 6.08 Å². The second-order valence-electron chi connectivity index (χ2n) is 3.76. The number of hydrogen-bond donors (Lipinski definition) is 0. The van der Waals surface area contributed by atoms with Gasteiger partial charge in [-0.05, 0) is 32.3 Å². The normalized spacial score (nSPS) is 13.1. The van der Waals surface area contributed by atoms with Gasteiger partial charge in [0.05, 0.1) is 6.61 Å². The first-order chi connectivity index (χ1) is 7.77. The van der Waals surface area contributed by atoms with Crippen LogP contribution in [-0.2, 0) is 6.42 Å². The van der Waals surface area contributed by atoms with E-state index in [0.717, 1.165) is 29.7 Å². The Hall–Kier alpha value is -1.82. The van der Waals surface area contributed by atoms with Gasteiger partial charge in [0.2, 0.25) is 5.88 Å². The largest absolute Gasteiger partial charge is 0.477 e. The highest BCUT2D eigenvalue weighted by molar-refractivity contribution is 5.64. The van der Waals surface area contributed by atoms with E-state index < -0.39 is 0 Å². The summed E-state index contributed by atoms with van der Waals surface area (Å²) in [4.78, 5) is 4.35. The smallest absolute Gasteiger partial charge is 0.232 e. The Labute approximate surface area is 95.4 Å². The van der Waals surface area contributed by atoms with E-state index in [1.54, 1.807) is 0 Å². The van der Waals surface area contributed by atoms with Crippen LogP contribution in [0.4, 0.5) is 0 Å². The number of fused-ring (bicyclic) bond motifs is 1. The van der Waals surface area contributed by atoms with Gasteiger partial charge in [-0.3, -0.25) is 0 Å². The SMILES string of the molecule is CCOc1nc(C)c2c(c1C#N)CCC=C2. The van der Waals surface area contributed by atoms with Crippen molar-refractivity contribution in [3.8, 4) is 11.9 Å². The van der Waals surface area contributed by atoms with E-state index >= 15 is 0 Å². The first-order valence-electron chi connectivity index (χ1n) is 5.50. The van der Waals surface area contributed by atoms with Gasteiger partial charge in [0, 0.05) is 11.3 Å². The molecule has 0 atom stereocenters. The third kappa shape index (κ3) is 1.67. The summed E-state index contributed by atoms with van der Waals surface area (Å²) in [6.07, 6.45) is 6.06. The Balaban J connectivity index is 2.64. The first-order valence-corrected chi connectivity index (χ1v) is 5.50. The summed E-state index contributed by atoms with van der Waals surface area (Å²) in [5.41, 5.74) is 3.72. The van der Waals surface area contributed by atoms with Crippen LogP contribution in [0.1, 0.15) is 35.7 Å². The quantitative estimate of drug-likeness (QED) is 0.760. The molecule has 1 aliphatic carbocycles. The molecule has 0 spiro atoms. The lowest BCUT2D eigenvalue weighted by atomic mass is 9.93. The van der Waals surface area contributed by atoms with Crippen molar-refractivity contribution in [3.05, 3.63) is 28.5 Å². The molecule has 0 unspecified atom stereocenters. The highest BCUT2D eigenvalue weighted by Crippen LogP contribution is 2.29. The molecule has 3 nitrogen and oxygen atoms in total. The average molecular weight is 214 g/mol. The number of rotatable bonds is 2. The Kier molecular flexibility index (Phi) is 2.91. The maximum absolute atomic E-state index is 9.20. The number of aryl methyl sites for hydroxylation is 1. The molecule has 0 aliphatic heterocycles. The summed E-state index contributed by atoms with van der Waals surface area (Å²) < 4.78 is 5.42. The molecule has 82 valence electrons. The topological polar surface area (TPSA) is 45.9 Å². The van der Waals surface area contributed by atoms with Crippen molar-refractivity contribution < 1.29 is 4.74 Å².